The van der Waals surface area contributed by atoms with E-state index in [9.17, 15) is 16.8 Å². The van der Waals surface area contributed by atoms with Gasteiger partial charge in [0.15, 0.2) is 0 Å². The third kappa shape index (κ3) is 4.90. The van der Waals surface area contributed by atoms with Gasteiger partial charge in [-0.2, -0.15) is 0 Å². The molecule has 0 aromatic heterocycles. The first kappa shape index (κ1) is 21.3. The van der Waals surface area contributed by atoms with Gasteiger partial charge in [-0.05, 0) is 64.0 Å². The van der Waals surface area contributed by atoms with E-state index >= 15 is 0 Å². The SMILES string of the molecule is CNS(=O)(=O)c1ccc(S(=O)(=O)NC2CCNC(C)C2)cc1C.Cl. The summed E-state index contributed by atoms with van der Waals surface area (Å²) < 4.78 is 53.6. The molecule has 2 rings (SSSR count). The Kier molecular flexibility index (Phi) is 7.21. The van der Waals surface area contributed by atoms with E-state index in [1.807, 2.05) is 6.92 Å². The number of hydrogen-bond acceptors (Lipinski definition) is 5. The van der Waals surface area contributed by atoms with Gasteiger partial charge in [0, 0.05) is 12.1 Å². The molecular formula is C14H24ClN3O4S2. The van der Waals surface area contributed by atoms with Crippen LogP contribution in [-0.2, 0) is 20.0 Å². The maximum atomic E-state index is 12.5. The number of hydrogen-bond donors (Lipinski definition) is 3. The number of rotatable bonds is 5. The zero-order valence-electron chi connectivity index (χ0n) is 13.9. The van der Waals surface area contributed by atoms with Gasteiger partial charge in [-0.25, -0.2) is 26.3 Å². The van der Waals surface area contributed by atoms with Gasteiger partial charge in [0.05, 0.1) is 9.79 Å². The molecule has 138 valence electrons. The molecule has 24 heavy (non-hydrogen) atoms. The molecule has 0 radical (unpaired) electrons. The highest BCUT2D eigenvalue weighted by molar-refractivity contribution is 7.90. The molecule has 1 aromatic rings. The summed E-state index contributed by atoms with van der Waals surface area (Å²) in [6.07, 6.45) is 1.46. The van der Waals surface area contributed by atoms with Gasteiger partial charge in [0.25, 0.3) is 0 Å². The summed E-state index contributed by atoms with van der Waals surface area (Å²) in [6, 6.07) is 4.18. The second kappa shape index (κ2) is 8.11. The van der Waals surface area contributed by atoms with Crippen molar-refractivity contribution >= 4 is 32.5 Å². The molecule has 0 aliphatic carbocycles. The zero-order valence-corrected chi connectivity index (χ0v) is 16.3. The number of piperidine rings is 1. The largest absolute Gasteiger partial charge is 0.314 e. The van der Waals surface area contributed by atoms with Crippen LogP contribution in [0, 0.1) is 6.92 Å². The van der Waals surface area contributed by atoms with E-state index in [1.165, 1.54) is 25.2 Å². The van der Waals surface area contributed by atoms with Gasteiger partial charge in [0.2, 0.25) is 20.0 Å². The van der Waals surface area contributed by atoms with Crippen molar-refractivity contribution in [3.63, 3.8) is 0 Å². The number of nitrogens with one attached hydrogen (secondary N) is 3. The fourth-order valence-electron chi connectivity index (χ4n) is 2.73. The lowest BCUT2D eigenvalue weighted by Crippen LogP contribution is -2.46. The van der Waals surface area contributed by atoms with Gasteiger partial charge in [-0.15, -0.1) is 12.4 Å². The first-order valence-electron chi connectivity index (χ1n) is 7.45. The van der Waals surface area contributed by atoms with Crippen LogP contribution in [0.2, 0.25) is 0 Å². The van der Waals surface area contributed by atoms with E-state index in [4.69, 9.17) is 0 Å². The van der Waals surface area contributed by atoms with E-state index < -0.39 is 20.0 Å². The quantitative estimate of drug-likeness (QED) is 0.679. The minimum absolute atomic E-state index is 0. The van der Waals surface area contributed by atoms with E-state index in [0.717, 1.165) is 19.4 Å². The van der Waals surface area contributed by atoms with Crippen LogP contribution in [0.3, 0.4) is 0 Å². The van der Waals surface area contributed by atoms with Crippen LogP contribution in [0.5, 0.6) is 0 Å². The van der Waals surface area contributed by atoms with Crippen molar-refractivity contribution in [1.82, 2.24) is 14.8 Å². The summed E-state index contributed by atoms with van der Waals surface area (Å²) in [6.45, 7) is 4.37. The summed E-state index contributed by atoms with van der Waals surface area (Å²) in [7, 11) is -5.95. The molecule has 0 bridgehead atoms. The first-order chi connectivity index (χ1) is 10.7. The first-order valence-corrected chi connectivity index (χ1v) is 10.4. The van der Waals surface area contributed by atoms with E-state index in [2.05, 4.69) is 14.8 Å². The highest BCUT2D eigenvalue weighted by atomic mass is 35.5. The van der Waals surface area contributed by atoms with Crippen LogP contribution in [0.15, 0.2) is 28.0 Å². The van der Waals surface area contributed by atoms with Crippen LogP contribution in [-0.4, -0.2) is 42.5 Å². The van der Waals surface area contributed by atoms with Crippen LogP contribution >= 0.6 is 12.4 Å². The highest BCUT2D eigenvalue weighted by Gasteiger charge is 2.25. The Morgan fingerprint density at radius 3 is 2.38 bits per heavy atom. The van der Waals surface area contributed by atoms with Gasteiger partial charge in [-0.3, -0.25) is 0 Å². The smallest absolute Gasteiger partial charge is 0.240 e. The van der Waals surface area contributed by atoms with Crippen LogP contribution in [0.25, 0.3) is 0 Å². The molecule has 3 N–H and O–H groups in total. The minimum Gasteiger partial charge on any atom is -0.314 e. The molecule has 1 heterocycles. The van der Waals surface area contributed by atoms with Crippen molar-refractivity contribution in [3.8, 4) is 0 Å². The Morgan fingerprint density at radius 2 is 1.83 bits per heavy atom. The summed E-state index contributed by atoms with van der Waals surface area (Å²) in [5.74, 6) is 0. The maximum Gasteiger partial charge on any atom is 0.240 e. The Balaban J connectivity index is 0.00000288. The van der Waals surface area contributed by atoms with E-state index in [0.29, 0.717) is 5.56 Å². The Bertz CT molecular complexity index is 781. The topological polar surface area (TPSA) is 104 Å². The average molecular weight is 398 g/mol. The Morgan fingerprint density at radius 1 is 1.17 bits per heavy atom. The molecule has 2 unspecified atom stereocenters. The van der Waals surface area contributed by atoms with Crippen molar-refractivity contribution < 1.29 is 16.8 Å². The van der Waals surface area contributed by atoms with Crippen molar-refractivity contribution in [2.45, 2.75) is 48.6 Å². The molecule has 1 aliphatic rings. The summed E-state index contributed by atoms with van der Waals surface area (Å²) in [4.78, 5) is 0.158. The van der Waals surface area contributed by atoms with Gasteiger partial charge < -0.3 is 5.32 Å². The van der Waals surface area contributed by atoms with Gasteiger partial charge >= 0.3 is 0 Å². The standard InChI is InChI=1S/C14H23N3O4S2.ClH/c1-10-8-13(4-5-14(10)23(20,21)15-3)22(18,19)17-12-6-7-16-11(2)9-12;/h4-5,8,11-12,15-17H,6-7,9H2,1-3H3;1H. The third-order valence-corrected chi connectivity index (χ3v) is 7.05. The molecule has 1 aromatic carbocycles. The molecule has 10 heteroatoms. The summed E-state index contributed by atoms with van der Waals surface area (Å²) >= 11 is 0. The van der Waals surface area contributed by atoms with Crippen molar-refractivity contribution in [2.24, 2.45) is 0 Å². The van der Waals surface area contributed by atoms with Gasteiger partial charge in [-0.1, -0.05) is 0 Å². The van der Waals surface area contributed by atoms with Crippen molar-refractivity contribution in [1.29, 1.82) is 0 Å². The number of aryl methyl sites for hydroxylation is 1. The van der Waals surface area contributed by atoms with E-state index in [1.54, 1.807) is 6.92 Å². The highest BCUT2D eigenvalue weighted by Crippen LogP contribution is 2.20. The zero-order chi connectivity index (χ0) is 17.3. The molecular weight excluding hydrogens is 374 g/mol. The average Bonchev–Trinajstić information content (AvgIpc) is 2.46. The van der Waals surface area contributed by atoms with Crippen LogP contribution in [0.1, 0.15) is 25.3 Å². The molecule has 0 spiro atoms. The fourth-order valence-corrected chi connectivity index (χ4v) is 5.04. The predicted molar refractivity (Wildman–Crippen MR) is 95.5 cm³/mol. The number of halogens is 1. The second-order valence-corrected chi connectivity index (χ2v) is 9.40. The Hall–Kier alpha value is -0.710. The van der Waals surface area contributed by atoms with Crippen molar-refractivity contribution in [3.05, 3.63) is 23.8 Å². The van der Waals surface area contributed by atoms with Crippen LogP contribution in [0.4, 0.5) is 0 Å². The molecule has 1 saturated heterocycles. The lowest BCUT2D eigenvalue weighted by molar-refractivity contribution is 0.361. The molecule has 2 atom stereocenters. The lowest BCUT2D eigenvalue weighted by Gasteiger charge is -2.28. The Labute approximate surface area is 150 Å². The molecule has 7 nitrogen and oxygen atoms in total. The third-order valence-electron chi connectivity index (χ3n) is 3.96. The minimum atomic E-state index is -3.67. The normalized spacial score (nSPS) is 22.0. The molecule has 1 aliphatic heterocycles. The number of benzene rings is 1. The van der Waals surface area contributed by atoms with Crippen LogP contribution < -0.4 is 14.8 Å². The molecule has 0 amide bonds. The maximum absolute atomic E-state index is 12.5. The molecule has 0 saturated carbocycles. The lowest BCUT2D eigenvalue weighted by atomic mass is 10.0. The predicted octanol–water partition coefficient (Wildman–Crippen LogP) is 0.744. The molecule has 1 fully saturated rings. The monoisotopic (exact) mass is 397 g/mol. The number of sulfonamides is 2. The fraction of sp³-hybridized carbons (Fsp3) is 0.571. The van der Waals surface area contributed by atoms with Crippen molar-refractivity contribution in [2.75, 3.05) is 13.6 Å². The summed E-state index contributed by atoms with van der Waals surface area (Å²) in [5, 5.41) is 3.27. The van der Waals surface area contributed by atoms with Gasteiger partial charge in [0.1, 0.15) is 0 Å². The van der Waals surface area contributed by atoms with E-state index in [-0.39, 0.29) is 34.3 Å². The second-order valence-electron chi connectivity index (χ2n) is 5.83. The summed E-state index contributed by atoms with van der Waals surface area (Å²) in [5.41, 5.74) is 0.390.